The molecular formula is C13H13BrN2O2. The van der Waals surface area contributed by atoms with Crippen LogP contribution < -0.4 is 4.74 Å². The van der Waals surface area contributed by atoms with E-state index in [0.29, 0.717) is 18.3 Å². The normalized spacial score (nSPS) is 14.8. The molecule has 0 amide bonds. The van der Waals surface area contributed by atoms with Crippen molar-refractivity contribution in [2.75, 3.05) is 0 Å². The van der Waals surface area contributed by atoms with Gasteiger partial charge in [-0.3, -0.25) is 0 Å². The largest absolute Gasteiger partial charge is 0.485 e. The zero-order valence-electron chi connectivity index (χ0n) is 10.0. The summed E-state index contributed by atoms with van der Waals surface area (Å²) in [5, 5.41) is 3.92. The Morgan fingerprint density at radius 2 is 2.28 bits per heavy atom. The fraction of sp³-hybridized carbons (Fsp3) is 0.385. The van der Waals surface area contributed by atoms with Gasteiger partial charge in [0, 0.05) is 10.4 Å². The summed E-state index contributed by atoms with van der Waals surface area (Å²) in [6.45, 7) is 2.35. The molecule has 1 aliphatic carbocycles. The third kappa shape index (κ3) is 2.56. The summed E-state index contributed by atoms with van der Waals surface area (Å²) in [7, 11) is 0. The van der Waals surface area contributed by atoms with Crippen LogP contribution in [-0.2, 0) is 6.61 Å². The molecule has 1 aromatic heterocycles. The minimum atomic E-state index is 0.341. The van der Waals surface area contributed by atoms with Crippen molar-refractivity contribution in [2.24, 2.45) is 0 Å². The van der Waals surface area contributed by atoms with Crippen molar-refractivity contribution in [3.8, 4) is 5.75 Å². The van der Waals surface area contributed by atoms with Gasteiger partial charge in [0.2, 0.25) is 11.7 Å². The van der Waals surface area contributed by atoms with E-state index in [0.717, 1.165) is 34.5 Å². The summed E-state index contributed by atoms with van der Waals surface area (Å²) in [5.74, 6) is 2.68. The van der Waals surface area contributed by atoms with Gasteiger partial charge in [-0.15, -0.1) is 0 Å². The second kappa shape index (κ2) is 4.72. The Kier molecular flexibility index (Phi) is 3.07. The van der Waals surface area contributed by atoms with E-state index in [1.165, 1.54) is 0 Å². The summed E-state index contributed by atoms with van der Waals surface area (Å²) in [4.78, 5) is 4.32. The average molecular weight is 309 g/mol. The number of nitrogens with zero attached hydrogens (tertiary/aromatic N) is 2. The molecular weight excluding hydrogens is 296 g/mol. The minimum absolute atomic E-state index is 0.341. The van der Waals surface area contributed by atoms with Gasteiger partial charge in [-0.25, -0.2) is 0 Å². The summed E-state index contributed by atoms with van der Waals surface area (Å²) in [6.07, 6.45) is 2.32. The first kappa shape index (κ1) is 11.7. The molecule has 0 unspecified atom stereocenters. The fourth-order valence-electron chi connectivity index (χ4n) is 1.69. The van der Waals surface area contributed by atoms with Crippen molar-refractivity contribution in [1.82, 2.24) is 10.1 Å². The molecule has 1 aromatic carbocycles. The Balaban J connectivity index is 1.67. The molecule has 18 heavy (non-hydrogen) atoms. The van der Waals surface area contributed by atoms with Crippen molar-refractivity contribution in [1.29, 1.82) is 0 Å². The standard InChI is InChI=1S/C13H13BrN2O2/c1-8-2-5-10(14)6-11(8)17-7-12-15-13(18-16-12)9-3-4-9/h2,5-6,9H,3-4,7H2,1H3. The Morgan fingerprint density at radius 3 is 3.06 bits per heavy atom. The van der Waals surface area contributed by atoms with E-state index < -0.39 is 0 Å². The van der Waals surface area contributed by atoms with Gasteiger partial charge in [0.25, 0.3) is 0 Å². The molecule has 0 spiro atoms. The van der Waals surface area contributed by atoms with Gasteiger partial charge in [-0.2, -0.15) is 4.98 Å². The first-order chi connectivity index (χ1) is 8.72. The van der Waals surface area contributed by atoms with Crippen LogP contribution in [0.25, 0.3) is 0 Å². The minimum Gasteiger partial charge on any atom is -0.485 e. The van der Waals surface area contributed by atoms with Crippen LogP contribution in [0.5, 0.6) is 5.75 Å². The Morgan fingerprint density at radius 1 is 1.44 bits per heavy atom. The third-order valence-electron chi connectivity index (χ3n) is 2.92. The number of aryl methyl sites for hydroxylation is 1. The van der Waals surface area contributed by atoms with E-state index in [1.807, 2.05) is 25.1 Å². The van der Waals surface area contributed by atoms with E-state index in [2.05, 4.69) is 26.1 Å². The molecule has 1 saturated carbocycles. The summed E-state index contributed by atoms with van der Waals surface area (Å²) in [6, 6.07) is 5.93. The molecule has 0 bridgehead atoms. The number of rotatable bonds is 4. The van der Waals surface area contributed by atoms with Crippen molar-refractivity contribution in [2.45, 2.75) is 32.3 Å². The molecule has 1 fully saturated rings. The van der Waals surface area contributed by atoms with Crippen LogP contribution in [0.15, 0.2) is 27.2 Å². The van der Waals surface area contributed by atoms with Crippen LogP contribution in [0, 0.1) is 6.92 Å². The molecule has 0 radical (unpaired) electrons. The Labute approximate surface area is 113 Å². The Hall–Kier alpha value is -1.36. The second-order valence-corrected chi connectivity index (χ2v) is 5.44. The second-order valence-electron chi connectivity index (χ2n) is 4.52. The summed E-state index contributed by atoms with van der Waals surface area (Å²) in [5.41, 5.74) is 1.09. The zero-order valence-corrected chi connectivity index (χ0v) is 11.6. The predicted octanol–water partition coefficient (Wildman–Crippen LogP) is 3.60. The average Bonchev–Trinajstić information content (AvgIpc) is 3.10. The van der Waals surface area contributed by atoms with Gasteiger partial charge < -0.3 is 9.26 Å². The maximum atomic E-state index is 5.70. The lowest BCUT2D eigenvalue weighted by Gasteiger charge is -2.07. The summed E-state index contributed by atoms with van der Waals surface area (Å²) >= 11 is 3.42. The molecule has 0 atom stereocenters. The topological polar surface area (TPSA) is 48.2 Å². The monoisotopic (exact) mass is 308 g/mol. The lowest BCUT2D eigenvalue weighted by molar-refractivity contribution is 0.283. The first-order valence-corrected chi connectivity index (χ1v) is 6.73. The molecule has 2 aromatic rings. The first-order valence-electron chi connectivity index (χ1n) is 5.94. The number of benzene rings is 1. The molecule has 0 aliphatic heterocycles. The van der Waals surface area contributed by atoms with E-state index >= 15 is 0 Å². The van der Waals surface area contributed by atoms with E-state index in [4.69, 9.17) is 9.26 Å². The van der Waals surface area contributed by atoms with Crippen LogP contribution in [-0.4, -0.2) is 10.1 Å². The Bertz CT molecular complexity index is 564. The molecule has 0 N–H and O–H groups in total. The van der Waals surface area contributed by atoms with Gasteiger partial charge in [0.05, 0.1) is 0 Å². The molecule has 0 saturated heterocycles. The highest BCUT2D eigenvalue weighted by Crippen LogP contribution is 2.38. The van der Waals surface area contributed by atoms with Crippen molar-refractivity contribution in [3.05, 3.63) is 40.0 Å². The summed E-state index contributed by atoms with van der Waals surface area (Å²) < 4.78 is 11.9. The molecule has 4 nitrogen and oxygen atoms in total. The zero-order chi connectivity index (χ0) is 12.5. The fourth-order valence-corrected chi connectivity index (χ4v) is 2.03. The highest BCUT2D eigenvalue weighted by Gasteiger charge is 2.29. The van der Waals surface area contributed by atoms with Crippen LogP contribution in [0.1, 0.15) is 36.0 Å². The maximum Gasteiger partial charge on any atom is 0.229 e. The van der Waals surface area contributed by atoms with Gasteiger partial charge in [0.15, 0.2) is 6.61 Å². The molecule has 3 rings (SSSR count). The smallest absolute Gasteiger partial charge is 0.229 e. The number of hydrogen-bond donors (Lipinski definition) is 0. The molecule has 5 heteroatoms. The van der Waals surface area contributed by atoms with Crippen molar-refractivity contribution >= 4 is 15.9 Å². The van der Waals surface area contributed by atoms with Crippen LogP contribution >= 0.6 is 15.9 Å². The van der Waals surface area contributed by atoms with Gasteiger partial charge in [0.1, 0.15) is 5.75 Å². The number of aromatic nitrogens is 2. The number of hydrogen-bond acceptors (Lipinski definition) is 4. The third-order valence-corrected chi connectivity index (χ3v) is 3.41. The maximum absolute atomic E-state index is 5.70. The quantitative estimate of drug-likeness (QED) is 0.866. The SMILES string of the molecule is Cc1ccc(Br)cc1OCc1noc(C2CC2)n1. The van der Waals surface area contributed by atoms with Crippen molar-refractivity contribution < 1.29 is 9.26 Å². The highest BCUT2D eigenvalue weighted by atomic mass is 79.9. The highest BCUT2D eigenvalue weighted by molar-refractivity contribution is 9.10. The molecule has 1 heterocycles. The molecule has 94 valence electrons. The van der Waals surface area contributed by atoms with E-state index in [1.54, 1.807) is 0 Å². The number of ether oxygens (including phenoxy) is 1. The molecule has 1 aliphatic rings. The van der Waals surface area contributed by atoms with E-state index in [-0.39, 0.29) is 0 Å². The number of halogens is 1. The van der Waals surface area contributed by atoms with Crippen LogP contribution in [0.2, 0.25) is 0 Å². The van der Waals surface area contributed by atoms with Gasteiger partial charge in [-0.1, -0.05) is 27.2 Å². The van der Waals surface area contributed by atoms with Crippen LogP contribution in [0.4, 0.5) is 0 Å². The van der Waals surface area contributed by atoms with Gasteiger partial charge in [-0.05, 0) is 37.5 Å². The van der Waals surface area contributed by atoms with Gasteiger partial charge >= 0.3 is 0 Å². The van der Waals surface area contributed by atoms with Crippen molar-refractivity contribution in [3.63, 3.8) is 0 Å². The van der Waals surface area contributed by atoms with E-state index in [9.17, 15) is 0 Å². The van der Waals surface area contributed by atoms with Crippen LogP contribution in [0.3, 0.4) is 0 Å². The lowest BCUT2D eigenvalue weighted by Crippen LogP contribution is -1.99. The predicted molar refractivity (Wildman–Crippen MR) is 69.5 cm³/mol. The lowest BCUT2D eigenvalue weighted by atomic mass is 10.2.